The predicted octanol–water partition coefficient (Wildman–Crippen LogP) is 2.58. The molecule has 5 heteroatoms. The standard InChI is InChI=1S/C16H24N2O3/c1-4-21-16(20)18-14(10-12(2)3)11-17-15(19)13-8-6-5-7-9-13/h5-9,12,14H,4,10-11H2,1-3H3,(H,17,19)(H,18,20)/t14-/m1/s1. The SMILES string of the molecule is CCOC(=O)N[C@@H](CNC(=O)c1ccccc1)CC(C)C. The quantitative estimate of drug-likeness (QED) is 0.811. The molecule has 2 amide bonds. The molecule has 0 fully saturated rings. The molecule has 116 valence electrons. The van der Waals surface area contributed by atoms with Crippen molar-refractivity contribution in [3.63, 3.8) is 0 Å². The van der Waals surface area contributed by atoms with Gasteiger partial charge in [-0.05, 0) is 31.4 Å². The van der Waals surface area contributed by atoms with Crippen LogP contribution in [-0.4, -0.2) is 31.2 Å². The molecule has 0 radical (unpaired) electrons. The van der Waals surface area contributed by atoms with Crippen molar-refractivity contribution in [1.29, 1.82) is 0 Å². The fourth-order valence-electron chi connectivity index (χ4n) is 2.01. The number of nitrogens with one attached hydrogen (secondary N) is 2. The van der Waals surface area contributed by atoms with E-state index in [0.29, 0.717) is 24.6 Å². The zero-order valence-electron chi connectivity index (χ0n) is 12.9. The van der Waals surface area contributed by atoms with Gasteiger partial charge < -0.3 is 15.4 Å². The van der Waals surface area contributed by atoms with Crippen molar-refractivity contribution in [1.82, 2.24) is 10.6 Å². The highest BCUT2D eigenvalue weighted by Gasteiger charge is 2.16. The lowest BCUT2D eigenvalue weighted by Crippen LogP contribution is -2.44. The molecule has 0 unspecified atom stereocenters. The van der Waals surface area contributed by atoms with E-state index in [-0.39, 0.29) is 11.9 Å². The zero-order valence-corrected chi connectivity index (χ0v) is 12.9. The lowest BCUT2D eigenvalue weighted by atomic mass is 10.0. The average Bonchev–Trinajstić information content (AvgIpc) is 2.45. The van der Waals surface area contributed by atoms with E-state index in [1.807, 2.05) is 18.2 Å². The number of benzene rings is 1. The second kappa shape index (κ2) is 9.00. The van der Waals surface area contributed by atoms with Crippen LogP contribution in [0.25, 0.3) is 0 Å². The van der Waals surface area contributed by atoms with Gasteiger partial charge in [-0.3, -0.25) is 4.79 Å². The summed E-state index contributed by atoms with van der Waals surface area (Å²) in [5.41, 5.74) is 0.608. The van der Waals surface area contributed by atoms with Crippen LogP contribution >= 0.6 is 0 Å². The second-order valence-electron chi connectivity index (χ2n) is 5.27. The van der Waals surface area contributed by atoms with Crippen LogP contribution in [0.3, 0.4) is 0 Å². The summed E-state index contributed by atoms with van der Waals surface area (Å²) in [6.45, 7) is 6.60. The Morgan fingerprint density at radius 2 is 1.86 bits per heavy atom. The number of rotatable bonds is 7. The second-order valence-corrected chi connectivity index (χ2v) is 5.27. The van der Waals surface area contributed by atoms with E-state index in [9.17, 15) is 9.59 Å². The molecule has 0 spiro atoms. The van der Waals surface area contributed by atoms with Crippen molar-refractivity contribution in [2.75, 3.05) is 13.2 Å². The third-order valence-corrected chi connectivity index (χ3v) is 2.90. The van der Waals surface area contributed by atoms with Crippen molar-refractivity contribution in [3.05, 3.63) is 35.9 Å². The largest absolute Gasteiger partial charge is 0.450 e. The number of hydrogen-bond acceptors (Lipinski definition) is 3. The van der Waals surface area contributed by atoms with Gasteiger partial charge >= 0.3 is 6.09 Å². The minimum Gasteiger partial charge on any atom is -0.450 e. The lowest BCUT2D eigenvalue weighted by Gasteiger charge is -2.20. The van der Waals surface area contributed by atoms with Crippen LogP contribution in [0, 0.1) is 5.92 Å². The highest BCUT2D eigenvalue weighted by Crippen LogP contribution is 2.05. The predicted molar refractivity (Wildman–Crippen MR) is 82.2 cm³/mol. The molecule has 1 aromatic rings. The summed E-state index contributed by atoms with van der Waals surface area (Å²) >= 11 is 0. The van der Waals surface area contributed by atoms with Gasteiger partial charge in [0.25, 0.3) is 5.91 Å². The van der Waals surface area contributed by atoms with Gasteiger partial charge in [-0.1, -0.05) is 32.0 Å². The molecular formula is C16H24N2O3. The van der Waals surface area contributed by atoms with Gasteiger partial charge in [0.2, 0.25) is 0 Å². The van der Waals surface area contributed by atoms with Crippen LogP contribution in [0.4, 0.5) is 4.79 Å². The van der Waals surface area contributed by atoms with E-state index in [4.69, 9.17) is 4.74 Å². The summed E-state index contributed by atoms with van der Waals surface area (Å²) < 4.78 is 4.88. The van der Waals surface area contributed by atoms with Crippen molar-refractivity contribution >= 4 is 12.0 Å². The van der Waals surface area contributed by atoms with Crippen LogP contribution in [-0.2, 0) is 4.74 Å². The molecule has 21 heavy (non-hydrogen) atoms. The summed E-state index contributed by atoms with van der Waals surface area (Å²) in [6, 6.07) is 8.86. The summed E-state index contributed by atoms with van der Waals surface area (Å²) in [4.78, 5) is 23.5. The lowest BCUT2D eigenvalue weighted by molar-refractivity contribution is 0.0944. The van der Waals surface area contributed by atoms with Crippen molar-refractivity contribution < 1.29 is 14.3 Å². The molecule has 1 atom stereocenters. The Hall–Kier alpha value is -2.04. The molecule has 0 aliphatic carbocycles. The van der Waals surface area contributed by atoms with Crippen molar-refractivity contribution in [3.8, 4) is 0 Å². The fourth-order valence-corrected chi connectivity index (χ4v) is 2.01. The van der Waals surface area contributed by atoms with E-state index in [1.165, 1.54) is 0 Å². The number of amides is 2. The summed E-state index contributed by atoms with van der Waals surface area (Å²) in [6.07, 6.45) is 0.325. The smallest absolute Gasteiger partial charge is 0.407 e. The van der Waals surface area contributed by atoms with Gasteiger partial charge in [0, 0.05) is 18.2 Å². The van der Waals surface area contributed by atoms with Crippen LogP contribution in [0.1, 0.15) is 37.6 Å². The molecule has 0 aromatic heterocycles. The highest BCUT2D eigenvalue weighted by molar-refractivity contribution is 5.94. The summed E-state index contributed by atoms with van der Waals surface area (Å²) in [7, 11) is 0. The maximum atomic E-state index is 12.0. The highest BCUT2D eigenvalue weighted by atomic mass is 16.5. The Balaban J connectivity index is 2.52. The summed E-state index contributed by atoms with van der Waals surface area (Å²) in [5, 5.41) is 5.62. The number of alkyl carbamates (subject to hydrolysis) is 1. The molecule has 2 N–H and O–H groups in total. The number of ether oxygens (including phenoxy) is 1. The van der Waals surface area contributed by atoms with E-state index < -0.39 is 6.09 Å². The Labute approximate surface area is 126 Å². The van der Waals surface area contributed by atoms with Gasteiger partial charge in [0.1, 0.15) is 0 Å². The van der Waals surface area contributed by atoms with Crippen molar-refractivity contribution in [2.24, 2.45) is 5.92 Å². The van der Waals surface area contributed by atoms with Crippen LogP contribution in [0.15, 0.2) is 30.3 Å². The maximum absolute atomic E-state index is 12.0. The van der Waals surface area contributed by atoms with Gasteiger partial charge in [-0.25, -0.2) is 4.79 Å². The Bertz CT molecular complexity index is 446. The van der Waals surface area contributed by atoms with Crippen LogP contribution in [0.2, 0.25) is 0 Å². The molecule has 0 aliphatic rings. The zero-order chi connectivity index (χ0) is 15.7. The van der Waals surface area contributed by atoms with E-state index in [0.717, 1.165) is 6.42 Å². The first-order valence-electron chi connectivity index (χ1n) is 7.29. The monoisotopic (exact) mass is 292 g/mol. The Morgan fingerprint density at radius 3 is 2.43 bits per heavy atom. The third-order valence-electron chi connectivity index (χ3n) is 2.90. The number of hydrogen-bond donors (Lipinski definition) is 2. The van der Waals surface area contributed by atoms with Gasteiger partial charge in [-0.2, -0.15) is 0 Å². The minimum atomic E-state index is -0.447. The average molecular weight is 292 g/mol. The normalized spacial score (nSPS) is 11.8. The minimum absolute atomic E-state index is 0.142. The van der Waals surface area contributed by atoms with Crippen LogP contribution in [0.5, 0.6) is 0 Å². The molecule has 1 aromatic carbocycles. The van der Waals surface area contributed by atoms with E-state index in [2.05, 4.69) is 24.5 Å². The molecule has 0 aliphatic heterocycles. The first-order valence-corrected chi connectivity index (χ1v) is 7.29. The first kappa shape index (κ1) is 17.0. The topological polar surface area (TPSA) is 67.4 Å². The van der Waals surface area contributed by atoms with E-state index >= 15 is 0 Å². The number of carbonyl (C=O) groups excluding carboxylic acids is 2. The van der Waals surface area contributed by atoms with Crippen molar-refractivity contribution in [2.45, 2.75) is 33.2 Å². The molecule has 5 nitrogen and oxygen atoms in total. The third kappa shape index (κ3) is 6.79. The molecule has 1 rings (SSSR count). The molecule has 0 saturated carbocycles. The fraction of sp³-hybridized carbons (Fsp3) is 0.500. The molecule has 0 bridgehead atoms. The summed E-state index contributed by atoms with van der Waals surface area (Å²) in [5.74, 6) is 0.264. The van der Waals surface area contributed by atoms with Gasteiger partial charge in [0.05, 0.1) is 6.61 Å². The Morgan fingerprint density at radius 1 is 1.19 bits per heavy atom. The van der Waals surface area contributed by atoms with Crippen LogP contribution < -0.4 is 10.6 Å². The number of carbonyl (C=O) groups is 2. The van der Waals surface area contributed by atoms with Gasteiger partial charge in [0.15, 0.2) is 0 Å². The molecule has 0 heterocycles. The molecule has 0 saturated heterocycles. The van der Waals surface area contributed by atoms with E-state index in [1.54, 1.807) is 19.1 Å². The van der Waals surface area contributed by atoms with Gasteiger partial charge in [-0.15, -0.1) is 0 Å². The molecular weight excluding hydrogens is 268 g/mol. The maximum Gasteiger partial charge on any atom is 0.407 e. The Kier molecular flexibility index (Phi) is 7.29. The first-order chi connectivity index (χ1) is 10.0.